The predicted molar refractivity (Wildman–Crippen MR) is 109 cm³/mol. The number of aromatic carboxylic acids is 1. The van der Waals surface area contributed by atoms with Crippen LogP contribution in [0.5, 0.6) is 5.75 Å². The van der Waals surface area contributed by atoms with Crippen LogP contribution in [-0.4, -0.2) is 32.1 Å². The SMILES string of the molecule is O=C(Nc1cccc(-c2nc(C(=O)O)c(O)c(=O)[nH]2)c1)c1cc2ccccc2s1. The monoisotopic (exact) mass is 407 g/mol. The van der Waals surface area contributed by atoms with Crippen LogP contribution in [0.1, 0.15) is 20.2 Å². The number of hydrogen-bond donors (Lipinski definition) is 4. The van der Waals surface area contributed by atoms with Gasteiger partial charge in [0.1, 0.15) is 5.82 Å². The Morgan fingerprint density at radius 3 is 2.62 bits per heavy atom. The Balaban J connectivity index is 1.65. The van der Waals surface area contributed by atoms with Crippen molar-refractivity contribution in [1.82, 2.24) is 9.97 Å². The van der Waals surface area contributed by atoms with Gasteiger partial charge in [-0.1, -0.05) is 30.3 Å². The number of aromatic hydroxyl groups is 1. The molecule has 0 aliphatic heterocycles. The third-order valence-corrected chi connectivity index (χ3v) is 5.26. The molecular formula is C20H13N3O5S. The minimum Gasteiger partial charge on any atom is -0.501 e. The zero-order chi connectivity index (χ0) is 20.5. The Morgan fingerprint density at radius 2 is 1.86 bits per heavy atom. The summed E-state index contributed by atoms with van der Waals surface area (Å²) in [5.74, 6) is -2.82. The molecule has 0 aliphatic carbocycles. The van der Waals surface area contributed by atoms with E-state index in [1.54, 1.807) is 30.3 Å². The summed E-state index contributed by atoms with van der Waals surface area (Å²) >= 11 is 1.37. The first-order valence-corrected chi connectivity index (χ1v) is 9.21. The molecule has 4 aromatic rings. The maximum Gasteiger partial charge on any atom is 0.358 e. The standard InChI is InChI=1S/C20H13N3O5S/c24-16-15(20(27)28)22-17(23-19(16)26)11-5-3-6-12(8-11)21-18(25)14-9-10-4-1-2-7-13(10)29-14/h1-9,24H,(H,21,25)(H,27,28)(H,22,23,26). The van der Waals surface area contributed by atoms with Gasteiger partial charge < -0.3 is 20.5 Å². The van der Waals surface area contributed by atoms with Crippen molar-refractivity contribution in [1.29, 1.82) is 0 Å². The molecule has 0 bridgehead atoms. The summed E-state index contributed by atoms with van der Waals surface area (Å²) in [6.07, 6.45) is 0. The van der Waals surface area contributed by atoms with E-state index < -0.39 is 23.0 Å². The number of carbonyl (C=O) groups is 2. The van der Waals surface area contributed by atoms with Gasteiger partial charge in [-0.3, -0.25) is 9.59 Å². The number of hydrogen-bond acceptors (Lipinski definition) is 6. The minimum atomic E-state index is -1.52. The van der Waals surface area contributed by atoms with Gasteiger partial charge in [0, 0.05) is 16.0 Å². The molecule has 2 aromatic carbocycles. The van der Waals surface area contributed by atoms with E-state index in [9.17, 15) is 19.5 Å². The third kappa shape index (κ3) is 3.58. The van der Waals surface area contributed by atoms with Crippen molar-refractivity contribution in [2.24, 2.45) is 0 Å². The molecule has 0 spiro atoms. The fourth-order valence-electron chi connectivity index (χ4n) is 2.78. The lowest BCUT2D eigenvalue weighted by molar-refractivity contribution is 0.0686. The van der Waals surface area contributed by atoms with Crippen molar-refractivity contribution >= 4 is 39.0 Å². The highest BCUT2D eigenvalue weighted by Gasteiger charge is 2.18. The Bertz CT molecular complexity index is 1290. The van der Waals surface area contributed by atoms with Crippen LogP contribution in [0.15, 0.2) is 59.4 Å². The second-order valence-corrected chi connectivity index (χ2v) is 7.18. The number of carboxylic acid groups (broad SMARTS) is 1. The van der Waals surface area contributed by atoms with Crippen LogP contribution < -0.4 is 10.9 Å². The van der Waals surface area contributed by atoms with Gasteiger partial charge in [-0.25, -0.2) is 9.78 Å². The summed E-state index contributed by atoms with van der Waals surface area (Å²) in [4.78, 5) is 42.2. The molecule has 29 heavy (non-hydrogen) atoms. The first-order valence-electron chi connectivity index (χ1n) is 8.39. The molecule has 4 N–H and O–H groups in total. The molecule has 2 aromatic heterocycles. The largest absolute Gasteiger partial charge is 0.501 e. The number of thiophene rings is 1. The van der Waals surface area contributed by atoms with E-state index in [0.717, 1.165) is 10.1 Å². The van der Waals surface area contributed by atoms with Gasteiger partial charge in [0.15, 0.2) is 5.69 Å². The molecule has 2 heterocycles. The van der Waals surface area contributed by atoms with Crippen LogP contribution in [0.3, 0.4) is 0 Å². The van der Waals surface area contributed by atoms with E-state index in [1.807, 2.05) is 24.3 Å². The van der Waals surface area contributed by atoms with Crippen molar-refractivity contribution in [2.45, 2.75) is 0 Å². The van der Waals surface area contributed by atoms with Gasteiger partial charge in [-0.05, 0) is 29.7 Å². The van der Waals surface area contributed by atoms with E-state index in [4.69, 9.17) is 5.11 Å². The summed E-state index contributed by atoms with van der Waals surface area (Å²) in [7, 11) is 0. The highest BCUT2D eigenvalue weighted by Crippen LogP contribution is 2.27. The number of H-pyrrole nitrogens is 1. The quantitative estimate of drug-likeness (QED) is 0.410. The second kappa shape index (κ2) is 7.21. The molecule has 0 unspecified atom stereocenters. The summed E-state index contributed by atoms with van der Waals surface area (Å²) < 4.78 is 0.999. The highest BCUT2D eigenvalue weighted by atomic mass is 32.1. The molecule has 144 valence electrons. The topological polar surface area (TPSA) is 132 Å². The molecule has 0 atom stereocenters. The van der Waals surface area contributed by atoms with E-state index in [2.05, 4.69) is 15.3 Å². The fourth-order valence-corrected chi connectivity index (χ4v) is 3.74. The Kier molecular flexibility index (Phi) is 4.57. The highest BCUT2D eigenvalue weighted by molar-refractivity contribution is 7.20. The van der Waals surface area contributed by atoms with Crippen molar-refractivity contribution < 1.29 is 19.8 Å². The Morgan fingerprint density at radius 1 is 1.07 bits per heavy atom. The van der Waals surface area contributed by atoms with Crippen molar-refractivity contribution in [3.8, 4) is 17.1 Å². The summed E-state index contributed by atoms with van der Waals surface area (Å²) in [6, 6.07) is 15.9. The summed E-state index contributed by atoms with van der Waals surface area (Å²) in [5, 5.41) is 22.4. The van der Waals surface area contributed by atoms with Gasteiger partial charge in [0.05, 0.1) is 4.88 Å². The molecule has 0 aliphatic rings. The Labute approximate surface area is 167 Å². The molecule has 0 fully saturated rings. The molecule has 1 amide bonds. The van der Waals surface area contributed by atoms with Crippen molar-refractivity contribution in [3.63, 3.8) is 0 Å². The van der Waals surface area contributed by atoms with Gasteiger partial charge in [-0.2, -0.15) is 0 Å². The zero-order valence-electron chi connectivity index (χ0n) is 14.7. The summed E-state index contributed by atoms with van der Waals surface area (Å²) in [5.41, 5.74) is -0.896. The van der Waals surface area contributed by atoms with Crippen LogP contribution in [0.2, 0.25) is 0 Å². The number of nitrogens with zero attached hydrogens (tertiary/aromatic N) is 1. The molecule has 0 radical (unpaired) electrons. The number of carboxylic acids is 1. The van der Waals surface area contributed by atoms with Crippen molar-refractivity contribution in [3.05, 3.63) is 75.5 Å². The van der Waals surface area contributed by atoms with Crippen LogP contribution >= 0.6 is 11.3 Å². The number of aromatic nitrogens is 2. The fraction of sp³-hybridized carbons (Fsp3) is 0. The zero-order valence-corrected chi connectivity index (χ0v) is 15.5. The molecule has 8 nitrogen and oxygen atoms in total. The second-order valence-electron chi connectivity index (χ2n) is 6.10. The summed E-state index contributed by atoms with van der Waals surface area (Å²) in [6.45, 7) is 0. The van der Waals surface area contributed by atoms with E-state index in [-0.39, 0.29) is 11.7 Å². The Hall–Kier alpha value is -3.98. The van der Waals surface area contributed by atoms with Crippen LogP contribution in [0.4, 0.5) is 5.69 Å². The maximum atomic E-state index is 12.6. The van der Waals surface area contributed by atoms with Crippen LogP contribution in [0, 0.1) is 0 Å². The lowest BCUT2D eigenvalue weighted by atomic mass is 10.1. The van der Waals surface area contributed by atoms with Gasteiger partial charge in [0.25, 0.3) is 11.5 Å². The van der Waals surface area contributed by atoms with E-state index in [1.165, 1.54) is 11.3 Å². The van der Waals surface area contributed by atoms with E-state index >= 15 is 0 Å². The number of benzene rings is 2. The predicted octanol–water partition coefficient (Wildman–Crippen LogP) is 3.31. The number of aromatic amines is 1. The average Bonchev–Trinajstić information content (AvgIpc) is 3.14. The number of anilines is 1. The van der Waals surface area contributed by atoms with Crippen LogP contribution in [-0.2, 0) is 0 Å². The minimum absolute atomic E-state index is 0.0387. The molecule has 0 saturated heterocycles. The number of carbonyl (C=O) groups excluding carboxylic acids is 1. The first kappa shape index (κ1) is 18.4. The molecule has 4 rings (SSSR count). The average molecular weight is 407 g/mol. The number of fused-ring (bicyclic) bond motifs is 1. The number of nitrogens with one attached hydrogen (secondary N) is 2. The lowest BCUT2D eigenvalue weighted by Crippen LogP contribution is -2.15. The normalized spacial score (nSPS) is 10.8. The first-order chi connectivity index (χ1) is 13.9. The van der Waals surface area contributed by atoms with Crippen LogP contribution in [0.25, 0.3) is 21.5 Å². The van der Waals surface area contributed by atoms with Crippen molar-refractivity contribution in [2.75, 3.05) is 5.32 Å². The molecule has 0 saturated carbocycles. The van der Waals surface area contributed by atoms with E-state index in [0.29, 0.717) is 16.1 Å². The lowest BCUT2D eigenvalue weighted by Gasteiger charge is -2.07. The van der Waals surface area contributed by atoms with Gasteiger partial charge in [0.2, 0.25) is 5.75 Å². The smallest absolute Gasteiger partial charge is 0.358 e. The number of rotatable bonds is 4. The molecular weight excluding hydrogens is 394 g/mol. The third-order valence-electron chi connectivity index (χ3n) is 4.14. The van der Waals surface area contributed by atoms with Gasteiger partial charge in [-0.15, -0.1) is 11.3 Å². The number of amides is 1. The maximum absolute atomic E-state index is 12.6. The molecule has 9 heteroatoms. The van der Waals surface area contributed by atoms with Gasteiger partial charge >= 0.3 is 5.97 Å².